The second kappa shape index (κ2) is 9.53. The molecule has 1 atom stereocenters. The van der Waals surface area contributed by atoms with Crippen LogP contribution in [0, 0.1) is 5.92 Å². The highest BCUT2D eigenvalue weighted by molar-refractivity contribution is 7.18. The first-order valence-electron chi connectivity index (χ1n) is 12.6. The first-order valence-corrected chi connectivity index (χ1v) is 13.4. The van der Waals surface area contributed by atoms with Crippen LogP contribution in [-0.2, 0) is 24.1 Å². The van der Waals surface area contributed by atoms with Crippen molar-refractivity contribution in [1.82, 2.24) is 19.8 Å². The number of thiophene rings is 1. The summed E-state index contributed by atoms with van der Waals surface area (Å²) in [5.74, 6) is 0.638. The molecule has 1 aliphatic heterocycles. The van der Waals surface area contributed by atoms with Crippen molar-refractivity contribution in [2.24, 2.45) is 5.92 Å². The molecule has 0 aromatic carbocycles. The van der Waals surface area contributed by atoms with E-state index in [1.165, 1.54) is 42.5 Å². The molecule has 32 heavy (non-hydrogen) atoms. The summed E-state index contributed by atoms with van der Waals surface area (Å²) < 4.78 is 7.43. The SMILES string of the molecule is CC(C)(CNC1CCc2c(sc3ncn(CC4CCCCC4)c(=O)c23)C1)N1CCOCC1. The highest BCUT2D eigenvalue weighted by atomic mass is 32.1. The standard InChI is InChI=1S/C25H38N4O2S/c1-25(2,29-10-12-31-13-11-29)16-26-19-8-9-20-21(14-19)32-23-22(20)24(30)28(17-27-23)15-18-6-4-3-5-7-18/h17-19,26H,3-16H2,1-2H3. The van der Waals surface area contributed by atoms with Crippen molar-refractivity contribution >= 4 is 21.6 Å². The first kappa shape index (κ1) is 22.5. The summed E-state index contributed by atoms with van der Waals surface area (Å²) >= 11 is 1.74. The maximum absolute atomic E-state index is 13.3. The Kier molecular flexibility index (Phi) is 6.70. The molecule has 0 radical (unpaired) electrons. The monoisotopic (exact) mass is 458 g/mol. The Morgan fingerprint density at radius 1 is 1.19 bits per heavy atom. The van der Waals surface area contributed by atoms with Crippen LogP contribution in [-0.4, -0.2) is 58.9 Å². The van der Waals surface area contributed by atoms with Gasteiger partial charge < -0.3 is 10.1 Å². The molecule has 2 aromatic heterocycles. The lowest BCUT2D eigenvalue weighted by molar-refractivity contribution is -0.0104. The summed E-state index contributed by atoms with van der Waals surface area (Å²) in [5.41, 5.74) is 1.60. The van der Waals surface area contributed by atoms with E-state index in [1.54, 1.807) is 11.3 Å². The number of rotatable bonds is 6. The highest BCUT2D eigenvalue weighted by Crippen LogP contribution is 2.34. The van der Waals surface area contributed by atoms with Gasteiger partial charge in [-0.2, -0.15) is 0 Å². The Morgan fingerprint density at radius 2 is 1.97 bits per heavy atom. The molecule has 1 N–H and O–H groups in total. The number of aromatic nitrogens is 2. The van der Waals surface area contributed by atoms with Gasteiger partial charge >= 0.3 is 0 Å². The Bertz CT molecular complexity index is 986. The number of nitrogens with one attached hydrogen (secondary N) is 1. The van der Waals surface area contributed by atoms with Gasteiger partial charge in [-0.1, -0.05) is 19.3 Å². The summed E-state index contributed by atoms with van der Waals surface area (Å²) in [6.45, 7) is 10.2. The predicted octanol–water partition coefficient (Wildman–Crippen LogP) is 3.60. The van der Waals surface area contributed by atoms with Gasteiger partial charge in [-0.15, -0.1) is 11.3 Å². The zero-order valence-corrected chi connectivity index (χ0v) is 20.5. The molecule has 1 unspecified atom stereocenters. The van der Waals surface area contributed by atoms with E-state index in [0.29, 0.717) is 12.0 Å². The Labute approximate surface area is 195 Å². The van der Waals surface area contributed by atoms with Crippen LogP contribution in [0.4, 0.5) is 0 Å². The summed E-state index contributed by atoms with van der Waals surface area (Å²) in [5, 5.41) is 4.76. The number of aryl methyl sites for hydroxylation is 1. The third-order valence-corrected chi connectivity index (χ3v) is 9.07. The maximum atomic E-state index is 13.3. The van der Waals surface area contributed by atoms with Gasteiger partial charge in [-0.05, 0) is 57.4 Å². The summed E-state index contributed by atoms with van der Waals surface area (Å²) in [4.78, 5) is 22.9. The fraction of sp³-hybridized carbons (Fsp3) is 0.760. The van der Waals surface area contributed by atoms with Crippen molar-refractivity contribution in [1.29, 1.82) is 0 Å². The molecule has 2 aliphatic carbocycles. The second-order valence-corrected chi connectivity index (χ2v) is 11.7. The summed E-state index contributed by atoms with van der Waals surface area (Å²) in [6.07, 6.45) is 11.4. The fourth-order valence-electron chi connectivity index (χ4n) is 5.83. The molecule has 0 bridgehead atoms. The van der Waals surface area contributed by atoms with Crippen LogP contribution in [0.25, 0.3) is 10.2 Å². The fourth-order valence-corrected chi connectivity index (χ4v) is 7.09. The zero-order valence-electron chi connectivity index (χ0n) is 19.7. The van der Waals surface area contributed by atoms with Gasteiger partial charge in [-0.25, -0.2) is 4.98 Å². The topological polar surface area (TPSA) is 59.4 Å². The van der Waals surface area contributed by atoms with Crippen molar-refractivity contribution in [2.45, 2.75) is 83.3 Å². The normalized spacial score (nSPS) is 23.5. The minimum Gasteiger partial charge on any atom is -0.379 e. The van der Waals surface area contributed by atoms with Gasteiger partial charge in [0.15, 0.2) is 0 Å². The quantitative estimate of drug-likeness (QED) is 0.717. The lowest BCUT2D eigenvalue weighted by Crippen LogP contribution is -2.56. The maximum Gasteiger partial charge on any atom is 0.262 e. The van der Waals surface area contributed by atoms with Crippen LogP contribution in [0.5, 0.6) is 0 Å². The Morgan fingerprint density at radius 3 is 2.75 bits per heavy atom. The molecular weight excluding hydrogens is 420 g/mol. The molecule has 7 heteroatoms. The van der Waals surface area contributed by atoms with Crippen LogP contribution in [0.2, 0.25) is 0 Å². The van der Waals surface area contributed by atoms with E-state index in [0.717, 1.165) is 68.9 Å². The molecule has 0 amide bonds. The second-order valence-electron chi connectivity index (χ2n) is 10.6. The van der Waals surface area contributed by atoms with Crippen molar-refractivity contribution < 1.29 is 4.74 Å². The molecule has 2 aromatic rings. The van der Waals surface area contributed by atoms with E-state index in [2.05, 4.69) is 24.1 Å². The zero-order chi connectivity index (χ0) is 22.1. The van der Waals surface area contributed by atoms with E-state index < -0.39 is 0 Å². The van der Waals surface area contributed by atoms with Crippen LogP contribution in [0.15, 0.2) is 11.1 Å². The van der Waals surface area contributed by atoms with E-state index in [9.17, 15) is 4.79 Å². The van der Waals surface area contributed by atoms with E-state index >= 15 is 0 Å². The third kappa shape index (κ3) is 4.67. The molecule has 5 rings (SSSR count). The smallest absolute Gasteiger partial charge is 0.262 e. The lowest BCUT2D eigenvalue weighted by atomic mass is 9.89. The van der Waals surface area contributed by atoms with Crippen LogP contribution < -0.4 is 10.9 Å². The average molecular weight is 459 g/mol. The number of hydrogen-bond donors (Lipinski definition) is 1. The Balaban J connectivity index is 1.27. The van der Waals surface area contributed by atoms with Gasteiger partial charge in [-0.3, -0.25) is 14.3 Å². The van der Waals surface area contributed by atoms with Crippen LogP contribution >= 0.6 is 11.3 Å². The highest BCUT2D eigenvalue weighted by Gasteiger charge is 2.31. The van der Waals surface area contributed by atoms with E-state index in [1.807, 2.05) is 10.9 Å². The van der Waals surface area contributed by atoms with E-state index in [-0.39, 0.29) is 11.1 Å². The van der Waals surface area contributed by atoms with Crippen molar-refractivity contribution in [3.8, 4) is 0 Å². The van der Waals surface area contributed by atoms with Crippen molar-refractivity contribution in [2.75, 3.05) is 32.8 Å². The van der Waals surface area contributed by atoms with Gasteiger partial charge in [0.1, 0.15) is 4.83 Å². The molecule has 0 spiro atoms. The average Bonchev–Trinajstić information content (AvgIpc) is 3.19. The van der Waals surface area contributed by atoms with Gasteiger partial charge in [0.25, 0.3) is 5.56 Å². The summed E-state index contributed by atoms with van der Waals surface area (Å²) in [6, 6.07) is 0.473. The summed E-state index contributed by atoms with van der Waals surface area (Å²) in [7, 11) is 0. The molecule has 3 heterocycles. The molecule has 3 aliphatic rings. The minimum absolute atomic E-state index is 0.124. The van der Waals surface area contributed by atoms with Crippen LogP contribution in [0.1, 0.15) is 62.8 Å². The third-order valence-electron chi connectivity index (χ3n) is 7.91. The van der Waals surface area contributed by atoms with Gasteiger partial charge in [0, 0.05) is 42.6 Å². The first-order chi connectivity index (χ1) is 15.5. The number of hydrogen-bond acceptors (Lipinski definition) is 6. The molecule has 1 saturated carbocycles. The van der Waals surface area contributed by atoms with Crippen molar-refractivity contribution in [3.05, 3.63) is 27.1 Å². The largest absolute Gasteiger partial charge is 0.379 e. The van der Waals surface area contributed by atoms with Crippen molar-refractivity contribution in [3.63, 3.8) is 0 Å². The van der Waals surface area contributed by atoms with Gasteiger partial charge in [0.2, 0.25) is 0 Å². The molecule has 1 saturated heterocycles. The number of fused-ring (bicyclic) bond motifs is 3. The number of nitrogens with zero attached hydrogens (tertiary/aromatic N) is 3. The Hall–Kier alpha value is -1.28. The molecule has 176 valence electrons. The molecular formula is C25H38N4O2S. The molecule has 6 nitrogen and oxygen atoms in total. The van der Waals surface area contributed by atoms with Gasteiger partial charge in [0.05, 0.1) is 24.9 Å². The number of ether oxygens (including phenoxy) is 1. The molecule has 2 fully saturated rings. The van der Waals surface area contributed by atoms with E-state index in [4.69, 9.17) is 9.72 Å². The minimum atomic E-state index is 0.124. The lowest BCUT2D eigenvalue weighted by Gasteiger charge is -2.42. The predicted molar refractivity (Wildman–Crippen MR) is 131 cm³/mol. The number of morpholine rings is 1. The van der Waals surface area contributed by atoms with Crippen LogP contribution in [0.3, 0.4) is 0 Å².